The van der Waals surface area contributed by atoms with Crippen LogP contribution < -0.4 is 16.0 Å². The molecule has 0 bridgehead atoms. The van der Waals surface area contributed by atoms with Crippen molar-refractivity contribution >= 4 is 34.3 Å². The number of H-pyrrole nitrogens is 1. The molecule has 32 heavy (non-hydrogen) atoms. The van der Waals surface area contributed by atoms with Gasteiger partial charge in [0.15, 0.2) is 0 Å². The molecule has 8 nitrogen and oxygen atoms in total. The molecule has 3 aromatic rings. The number of rotatable bonds is 6. The number of anilines is 1. The Morgan fingerprint density at radius 1 is 1.06 bits per heavy atom. The first-order valence-corrected chi connectivity index (χ1v) is 10.6. The molecule has 1 atom stereocenters. The second-order valence-electron chi connectivity index (χ2n) is 8.38. The zero-order valence-corrected chi connectivity index (χ0v) is 18.4. The van der Waals surface area contributed by atoms with Crippen molar-refractivity contribution in [1.29, 1.82) is 0 Å². The van der Waals surface area contributed by atoms with Crippen LogP contribution in [0.4, 0.5) is 5.69 Å². The van der Waals surface area contributed by atoms with Gasteiger partial charge in [0.1, 0.15) is 5.69 Å². The molecule has 0 saturated carbocycles. The van der Waals surface area contributed by atoms with Gasteiger partial charge < -0.3 is 25.8 Å². The Bertz CT molecular complexity index is 1180. The Morgan fingerprint density at radius 2 is 1.78 bits per heavy atom. The van der Waals surface area contributed by atoms with Crippen LogP contribution in [0, 0.1) is 0 Å². The number of benzene rings is 2. The average molecular weight is 434 g/mol. The molecule has 1 unspecified atom stereocenters. The maximum atomic E-state index is 12.8. The van der Waals surface area contributed by atoms with Gasteiger partial charge in [-0.2, -0.15) is 0 Å². The topological polar surface area (TPSA) is 106 Å². The average Bonchev–Trinajstić information content (AvgIpc) is 3.16. The quantitative estimate of drug-likeness (QED) is 0.479. The zero-order chi connectivity index (χ0) is 22.8. The van der Waals surface area contributed by atoms with E-state index in [1.165, 1.54) is 0 Å². The molecule has 166 valence electrons. The van der Waals surface area contributed by atoms with E-state index in [1.807, 2.05) is 31.1 Å². The Balaban J connectivity index is 1.47. The zero-order valence-electron chi connectivity index (χ0n) is 18.4. The van der Waals surface area contributed by atoms with Gasteiger partial charge in [-0.1, -0.05) is 6.92 Å². The van der Waals surface area contributed by atoms with Crippen molar-refractivity contribution < 1.29 is 14.4 Å². The third-order valence-corrected chi connectivity index (χ3v) is 5.64. The third-order valence-electron chi connectivity index (χ3n) is 5.64. The number of aromatic amines is 1. The number of hydrogen-bond acceptors (Lipinski definition) is 4. The molecule has 3 amide bonds. The lowest BCUT2D eigenvalue weighted by Gasteiger charge is -2.19. The molecular weight excluding hydrogens is 406 g/mol. The number of amides is 3. The molecule has 0 fully saturated rings. The Hall–Kier alpha value is -3.65. The van der Waals surface area contributed by atoms with E-state index < -0.39 is 0 Å². The second kappa shape index (κ2) is 8.84. The van der Waals surface area contributed by atoms with Gasteiger partial charge in [0.05, 0.1) is 0 Å². The summed E-state index contributed by atoms with van der Waals surface area (Å²) in [4.78, 5) is 42.4. The van der Waals surface area contributed by atoms with E-state index in [9.17, 15) is 14.4 Å². The molecule has 0 saturated heterocycles. The minimum Gasteiger partial charge on any atom is -0.351 e. The first-order chi connectivity index (χ1) is 15.3. The highest BCUT2D eigenvalue weighted by molar-refractivity contribution is 6.08. The van der Waals surface area contributed by atoms with E-state index in [4.69, 9.17) is 0 Å². The Kier molecular flexibility index (Phi) is 5.96. The van der Waals surface area contributed by atoms with Crippen LogP contribution in [0.2, 0.25) is 0 Å². The number of likely N-dealkylation sites (N-methyl/N-ethyl adjacent to an activating group) is 1. The largest absolute Gasteiger partial charge is 0.351 e. The highest BCUT2D eigenvalue weighted by Crippen LogP contribution is 2.32. The van der Waals surface area contributed by atoms with Crippen LogP contribution in [-0.2, 0) is 0 Å². The van der Waals surface area contributed by atoms with Crippen molar-refractivity contribution in [2.45, 2.75) is 12.8 Å². The van der Waals surface area contributed by atoms with Crippen molar-refractivity contribution in [1.82, 2.24) is 20.5 Å². The maximum absolute atomic E-state index is 12.8. The first kappa shape index (κ1) is 21.6. The standard InChI is InChI=1S/C24H27N5O3/c1-14-13-26-24(32)21-20(14)18-12-16(6-9-19(18)28-21)23(31)27-17-7-4-15(5-8-17)22(30)25-10-11-29(2)3/h4-9,12,14,28H,10-11,13H2,1-3H3,(H,25,30)(H,26,32)(H,27,31). The molecule has 4 rings (SSSR count). The molecule has 1 aliphatic rings. The Labute approximate surface area is 186 Å². The van der Waals surface area contributed by atoms with Crippen LogP contribution in [0.3, 0.4) is 0 Å². The number of nitrogens with zero attached hydrogens (tertiary/aromatic N) is 1. The van der Waals surface area contributed by atoms with Gasteiger partial charge in [-0.05, 0) is 62.1 Å². The lowest BCUT2D eigenvalue weighted by atomic mass is 9.93. The van der Waals surface area contributed by atoms with Crippen LogP contribution in [0.1, 0.15) is 49.6 Å². The summed E-state index contributed by atoms with van der Waals surface area (Å²) in [6.45, 7) is 3.95. The van der Waals surface area contributed by atoms with Crippen LogP contribution in [-0.4, -0.2) is 61.3 Å². The third kappa shape index (κ3) is 4.36. The smallest absolute Gasteiger partial charge is 0.268 e. The van der Waals surface area contributed by atoms with E-state index in [0.29, 0.717) is 35.6 Å². The summed E-state index contributed by atoms with van der Waals surface area (Å²) in [6, 6.07) is 12.2. The van der Waals surface area contributed by atoms with Gasteiger partial charge in [-0.25, -0.2) is 0 Å². The molecule has 0 aliphatic carbocycles. The Morgan fingerprint density at radius 3 is 2.50 bits per heavy atom. The minimum absolute atomic E-state index is 0.119. The van der Waals surface area contributed by atoms with Crippen molar-refractivity contribution in [2.24, 2.45) is 0 Å². The van der Waals surface area contributed by atoms with E-state index in [2.05, 4.69) is 27.9 Å². The maximum Gasteiger partial charge on any atom is 0.268 e. The summed E-state index contributed by atoms with van der Waals surface area (Å²) in [5.41, 5.74) is 3.99. The number of carbonyl (C=O) groups is 3. The summed E-state index contributed by atoms with van der Waals surface area (Å²) in [6.07, 6.45) is 0. The van der Waals surface area contributed by atoms with Crippen molar-refractivity contribution in [3.05, 3.63) is 64.8 Å². The fraction of sp³-hybridized carbons (Fsp3) is 0.292. The number of aromatic nitrogens is 1. The van der Waals surface area contributed by atoms with E-state index in [0.717, 1.165) is 23.0 Å². The van der Waals surface area contributed by atoms with E-state index in [-0.39, 0.29) is 23.6 Å². The van der Waals surface area contributed by atoms with Crippen LogP contribution in [0.5, 0.6) is 0 Å². The SMILES string of the molecule is CC1CNC(=O)c2[nH]c3ccc(C(=O)Nc4ccc(C(=O)NCCN(C)C)cc4)cc3c21. The molecule has 0 spiro atoms. The molecule has 2 aromatic carbocycles. The van der Waals surface area contributed by atoms with Gasteiger partial charge >= 0.3 is 0 Å². The van der Waals surface area contributed by atoms with Crippen LogP contribution in [0.15, 0.2) is 42.5 Å². The predicted octanol–water partition coefficient (Wildman–Crippen LogP) is 2.56. The highest BCUT2D eigenvalue weighted by atomic mass is 16.2. The molecule has 1 aliphatic heterocycles. The predicted molar refractivity (Wildman–Crippen MR) is 124 cm³/mol. The van der Waals surface area contributed by atoms with Gasteiger partial charge in [-0.15, -0.1) is 0 Å². The van der Waals surface area contributed by atoms with E-state index >= 15 is 0 Å². The fourth-order valence-electron chi connectivity index (χ4n) is 3.88. The van der Waals surface area contributed by atoms with Crippen molar-refractivity contribution in [3.8, 4) is 0 Å². The molecule has 2 heterocycles. The van der Waals surface area contributed by atoms with Crippen molar-refractivity contribution in [2.75, 3.05) is 39.0 Å². The molecule has 1 aromatic heterocycles. The molecule has 4 N–H and O–H groups in total. The lowest BCUT2D eigenvalue weighted by Crippen LogP contribution is -2.33. The number of carbonyl (C=O) groups excluding carboxylic acids is 3. The van der Waals surface area contributed by atoms with Crippen LogP contribution in [0.25, 0.3) is 10.9 Å². The first-order valence-electron chi connectivity index (χ1n) is 10.6. The number of fused-ring (bicyclic) bond motifs is 3. The van der Waals surface area contributed by atoms with Gasteiger partial charge in [0.25, 0.3) is 17.7 Å². The van der Waals surface area contributed by atoms with Gasteiger partial charge in [-0.3, -0.25) is 14.4 Å². The summed E-state index contributed by atoms with van der Waals surface area (Å²) < 4.78 is 0. The molecular formula is C24H27N5O3. The lowest BCUT2D eigenvalue weighted by molar-refractivity contribution is 0.0933. The number of nitrogens with one attached hydrogen (secondary N) is 4. The summed E-state index contributed by atoms with van der Waals surface area (Å²) in [7, 11) is 3.90. The van der Waals surface area contributed by atoms with Crippen LogP contribution >= 0.6 is 0 Å². The minimum atomic E-state index is -0.252. The molecule has 0 radical (unpaired) electrons. The highest BCUT2D eigenvalue weighted by Gasteiger charge is 2.27. The van der Waals surface area contributed by atoms with E-state index in [1.54, 1.807) is 30.3 Å². The fourth-order valence-corrected chi connectivity index (χ4v) is 3.88. The summed E-state index contributed by atoms with van der Waals surface area (Å²) in [5, 5.41) is 9.49. The monoisotopic (exact) mass is 433 g/mol. The number of hydrogen-bond donors (Lipinski definition) is 4. The van der Waals surface area contributed by atoms with Gasteiger partial charge in [0, 0.05) is 53.3 Å². The normalized spacial score (nSPS) is 15.4. The van der Waals surface area contributed by atoms with Crippen molar-refractivity contribution in [3.63, 3.8) is 0 Å². The second-order valence-corrected chi connectivity index (χ2v) is 8.38. The van der Waals surface area contributed by atoms with Gasteiger partial charge in [0.2, 0.25) is 0 Å². The molecule has 8 heteroatoms. The summed E-state index contributed by atoms with van der Waals surface area (Å²) in [5.74, 6) is -0.360. The summed E-state index contributed by atoms with van der Waals surface area (Å²) >= 11 is 0.